The van der Waals surface area contributed by atoms with Gasteiger partial charge in [0, 0.05) is 33.4 Å². The summed E-state index contributed by atoms with van der Waals surface area (Å²) in [4.78, 5) is 29.9. The number of hydrogen-bond acceptors (Lipinski definition) is 7. The number of benzene rings is 9. The second-order valence-electron chi connectivity index (χ2n) is 16.2. The second kappa shape index (κ2) is 18.5. The van der Waals surface area contributed by atoms with Gasteiger partial charge < -0.3 is 0 Å². The number of hydrogen-bond donors (Lipinski definition) is 0. The Morgan fingerprint density at radius 3 is 1.03 bits per heavy atom. The van der Waals surface area contributed by atoms with Crippen molar-refractivity contribution >= 4 is 0 Å². The van der Waals surface area contributed by atoms with Gasteiger partial charge in [-0.2, -0.15) is 5.26 Å². The summed E-state index contributed by atoms with van der Waals surface area (Å²) in [7, 11) is 0. The molecule has 7 nitrogen and oxygen atoms in total. The van der Waals surface area contributed by atoms with Crippen LogP contribution in [0.4, 0.5) is 0 Å². The molecule has 9 aromatic carbocycles. The highest BCUT2D eigenvalue weighted by atomic mass is 15.0. The van der Waals surface area contributed by atoms with Gasteiger partial charge in [-0.25, -0.2) is 29.9 Å². The van der Waals surface area contributed by atoms with Crippen molar-refractivity contribution in [2.24, 2.45) is 0 Å². The molecule has 0 fully saturated rings. The average Bonchev–Trinajstić information content (AvgIpc) is 3.43. The Morgan fingerprint density at radius 2 is 0.559 bits per heavy atom. The summed E-state index contributed by atoms with van der Waals surface area (Å²) in [5, 5.41) is 9.57. The Hall–Kier alpha value is -9.51. The average molecular weight is 870 g/mol. The fraction of sp³-hybridized carbons (Fsp3) is 0. The van der Waals surface area contributed by atoms with Crippen LogP contribution in [0.15, 0.2) is 237 Å². The third-order valence-electron chi connectivity index (χ3n) is 11.9. The van der Waals surface area contributed by atoms with Crippen LogP contribution in [0.2, 0.25) is 0 Å². The molecule has 7 heteroatoms. The van der Waals surface area contributed by atoms with Crippen molar-refractivity contribution in [3.63, 3.8) is 0 Å². The molecule has 0 saturated heterocycles. The SMILES string of the molecule is N#Cc1ccc(-c2ccc(-c3cccc(-c4nc(-c5ccccc5)nc(-c5ccccc5)n4)c3)c(-c3ccccc3-c3ccc(-c4nc(-c5ccccc5)nc(-c5ccccc5)n4)cc3)c2)cc1. The summed E-state index contributed by atoms with van der Waals surface area (Å²) < 4.78 is 0. The molecule has 0 saturated carbocycles. The van der Waals surface area contributed by atoms with Crippen molar-refractivity contribution in [2.75, 3.05) is 0 Å². The van der Waals surface area contributed by atoms with Crippen LogP contribution in [0.5, 0.6) is 0 Å². The fourth-order valence-corrected chi connectivity index (χ4v) is 8.41. The van der Waals surface area contributed by atoms with Gasteiger partial charge in [0.05, 0.1) is 11.6 Å². The van der Waals surface area contributed by atoms with Crippen molar-refractivity contribution < 1.29 is 0 Å². The van der Waals surface area contributed by atoms with Gasteiger partial charge in [-0.1, -0.05) is 212 Å². The standard InChI is InChI=1S/C61H39N7/c62-40-41-28-30-42(31-29-41)49-36-37-53(50-24-15-25-51(38-50)61-67-58(46-20-9-3-10-21-46)64-59(68-61)47-22-11-4-12-23-47)55(39-49)54-27-14-13-26-52(54)43-32-34-48(35-33-43)60-65-56(44-16-5-1-6-17-44)63-57(66-60)45-18-7-2-8-19-45/h1-39H. The molecule has 68 heavy (non-hydrogen) atoms. The van der Waals surface area contributed by atoms with E-state index in [0.717, 1.165) is 77.9 Å². The molecule has 0 radical (unpaired) electrons. The second-order valence-corrected chi connectivity index (χ2v) is 16.2. The minimum atomic E-state index is 0.584. The van der Waals surface area contributed by atoms with Crippen LogP contribution in [0.3, 0.4) is 0 Å². The zero-order valence-corrected chi connectivity index (χ0v) is 36.6. The Morgan fingerprint density at radius 1 is 0.221 bits per heavy atom. The zero-order chi connectivity index (χ0) is 45.7. The third-order valence-corrected chi connectivity index (χ3v) is 11.9. The van der Waals surface area contributed by atoms with Gasteiger partial charge in [0.1, 0.15) is 0 Å². The van der Waals surface area contributed by atoms with Gasteiger partial charge in [0.2, 0.25) is 0 Å². The van der Waals surface area contributed by atoms with E-state index in [1.807, 2.05) is 146 Å². The van der Waals surface area contributed by atoms with E-state index in [0.29, 0.717) is 40.5 Å². The molecule has 11 rings (SSSR count). The lowest BCUT2D eigenvalue weighted by atomic mass is 9.87. The highest BCUT2D eigenvalue weighted by Crippen LogP contribution is 2.42. The van der Waals surface area contributed by atoms with E-state index in [1.165, 1.54) is 0 Å². The largest absolute Gasteiger partial charge is 0.208 e. The molecule has 2 heterocycles. The maximum atomic E-state index is 9.57. The summed E-state index contributed by atoms with van der Waals surface area (Å²) in [6.45, 7) is 0. The summed E-state index contributed by atoms with van der Waals surface area (Å²) in [5.74, 6) is 3.63. The van der Waals surface area contributed by atoms with Gasteiger partial charge in [0.25, 0.3) is 0 Å². The highest BCUT2D eigenvalue weighted by molar-refractivity contribution is 5.94. The Balaban J connectivity index is 1.02. The van der Waals surface area contributed by atoms with E-state index in [1.54, 1.807) is 0 Å². The first-order chi connectivity index (χ1) is 33.6. The highest BCUT2D eigenvalue weighted by Gasteiger charge is 2.18. The number of rotatable bonds is 10. The molecule has 0 atom stereocenters. The molecule has 0 aliphatic heterocycles. The smallest absolute Gasteiger partial charge is 0.164 e. The Kier molecular flexibility index (Phi) is 11.2. The van der Waals surface area contributed by atoms with Crippen molar-refractivity contribution in [2.45, 2.75) is 0 Å². The molecular weight excluding hydrogens is 831 g/mol. The van der Waals surface area contributed by atoms with Crippen LogP contribution in [0, 0.1) is 11.3 Å². The van der Waals surface area contributed by atoms with E-state index >= 15 is 0 Å². The van der Waals surface area contributed by atoms with Gasteiger partial charge in [-0.05, 0) is 68.8 Å². The van der Waals surface area contributed by atoms with E-state index in [4.69, 9.17) is 29.9 Å². The summed E-state index contributed by atoms with van der Waals surface area (Å²) in [6.07, 6.45) is 0. The number of nitriles is 1. The lowest BCUT2D eigenvalue weighted by Gasteiger charge is -2.17. The maximum absolute atomic E-state index is 9.57. The van der Waals surface area contributed by atoms with Gasteiger partial charge in [-0.15, -0.1) is 0 Å². The molecular formula is C61H39N7. The molecule has 0 amide bonds. The molecule has 11 aromatic rings. The quantitative estimate of drug-likeness (QED) is 0.135. The van der Waals surface area contributed by atoms with Crippen molar-refractivity contribution in [3.05, 3.63) is 242 Å². The first-order valence-electron chi connectivity index (χ1n) is 22.3. The monoisotopic (exact) mass is 869 g/mol. The molecule has 0 unspecified atom stereocenters. The van der Waals surface area contributed by atoms with Crippen molar-refractivity contribution in [3.8, 4) is 119 Å². The van der Waals surface area contributed by atoms with Crippen LogP contribution in [0.25, 0.3) is 113 Å². The predicted molar refractivity (Wildman–Crippen MR) is 272 cm³/mol. The lowest BCUT2D eigenvalue weighted by molar-refractivity contribution is 1.07. The third kappa shape index (κ3) is 8.57. The predicted octanol–water partition coefficient (Wildman–Crippen LogP) is 14.6. The number of nitrogens with zero attached hydrogens (tertiary/aromatic N) is 7. The molecule has 2 aromatic heterocycles. The van der Waals surface area contributed by atoms with Crippen LogP contribution >= 0.6 is 0 Å². The minimum Gasteiger partial charge on any atom is -0.208 e. The molecule has 0 bridgehead atoms. The molecule has 318 valence electrons. The van der Waals surface area contributed by atoms with Gasteiger partial charge in [0.15, 0.2) is 34.9 Å². The van der Waals surface area contributed by atoms with Gasteiger partial charge in [-0.3, -0.25) is 0 Å². The lowest BCUT2D eigenvalue weighted by Crippen LogP contribution is -2.00. The summed E-state index contributed by atoms with van der Waals surface area (Å²) in [6, 6.07) is 82.1. The first kappa shape index (κ1) is 41.2. The normalized spacial score (nSPS) is 10.9. The van der Waals surface area contributed by atoms with Crippen LogP contribution in [-0.2, 0) is 0 Å². The first-order valence-corrected chi connectivity index (χ1v) is 22.3. The fourth-order valence-electron chi connectivity index (χ4n) is 8.41. The van der Waals surface area contributed by atoms with Crippen LogP contribution in [0.1, 0.15) is 5.56 Å². The Bertz CT molecular complexity index is 3480. The van der Waals surface area contributed by atoms with E-state index in [2.05, 4.69) is 97.1 Å². The van der Waals surface area contributed by atoms with E-state index in [-0.39, 0.29) is 0 Å². The van der Waals surface area contributed by atoms with Crippen molar-refractivity contribution in [1.29, 1.82) is 5.26 Å². The Labute approximate surface area is 394 Å². The van der Waals surface area contributed by atoms with Crippen LogP contribution < -0.4 is 0 Å². The summed E-state index contributed by atoms with van der Waals surface area (Å²) in [5.41, 5.74) is 14.4. The molecule has 0 N–H and O–H groups in total. The minimum absolute atomic E-state index is 0.584. The molecule has 0 aliphatic carbocycles. The van der Waals surface area contributed by atoms with E-state index < -0.39 is 0 Å². The van der Waals surface area contributed by atoms with Crippen LogP contribution in [-0.4, -0.2) is 29.9 Å². The molecule has 0 aliphatic rings. The van der Waals surface area contributed by atoms with Gasteiger partial charge >= 0.3 is 0 Å². The summed E-state index contributed by atoms with van der Waals surface area (Å²) >= 11 is 0. The number of aromatic nitrogens is 6. The zero-order valence-electron chi connectivity index (χ0n) is 36.6. The molecule has 0 spiro atoms. The van der Waals surface area contributed by atoms with E-state index in [9.17, 15) is 5.26 Å². The van der Waals surface area contributed by atoms with Crippen molar-refractivity contribution in [1.82, 2.24) is 29.9 Å². The topological polar surface area (TPSA) is 101 Å². The maximum Gasteiger partial charge on any atom is 0.164 e.